The Kier molecular flexibility index (Phi) is 7.39. The number of Topliss-reactive ketones (excluding diaryl/α,β-unsaturated/α-hetero) is 1. The van der Waals surface area contributed by atoms with Crippen LogP contribution in [0.25, 0.3) is 0 Å². The molecule has 0 amide bonds. The molecular formula is C21H26O4S. The van der Waals surface area contributed by atoms with Crippen molar-refractivity contribution in [3.8, 4) is 5.75 Å². The van der Waals surface area contributed by atoms with Crippen LogP contribution in [0.15, 0.2) is 53.4 Å². The van der Waals surface area contributed by atoms with Crippen LogP contribution in [0.3, 0.4) is 0 Å². The number of sulfone groups is 1. The van der Waals surface area contributed by atoms with Crippen molar-refractivity contribution in [2.75, 3.05) is 12.9 Å². The molecule has 0 spiro atoms. The molecule has 0 radical (unpaired) electrons. The Labute approximate surface area is 156 Å². The van der Waals surface area contributed by atoms with Crippen LogP contribution in [0.5, 0.6) is 5.75 Å². The molecule has 0 saturated heterocycles. The predicted molar refractivity (Wildman–Crippen MR) is 104 cm³/mol. The van der Waals surface area contributed by atoms with Gasteiger partial charge in [-0.05, 0) is 42.7 Å². The highest BCUT2D eigenvalue weighted by molar-refractivity contribution is 7.90. The summed E-state index contributed by atoms with van der Waals surface area (Å²) in [6.07, 6.45) is 7.10. The number of carbonyl (C=O) groups excluding carboxylic acids is 1. The van der Waals surface area contributed by atoms with E-state index in [9.17, 15) is 13.2 Å². The second-order valence-corrected chi connectivity index (χ2v) is 8.48. The van der Waals surface area contributed by atoms with Crippen molar-refractivity contribution in [2.24, 2.45) is 0 Å². The summed E-state index contributed by atoms with van der Waals surface area (Å²) in [6.45, 7) is 2.12. The largest absolute Gasteiger partial charge is 0.485 e. The summed E-state index contributed by atoms with van der Waals surface area (Å²) in [7, 11) is -3.23. The van der Waals surface area contributed by atoms with Crippen LogP contribution >= 0.6 is 0 Å². The van der Waals surface area contributed by atoms with Gasteiger partial charge in [-0.15, -0.1) is 0 Å². The second-order valence-electron chi connectivity index (χ2n) is 6.46. The van der Waals surface area contributed by atoms with E-state index in [2.05, 4.69) is 6.92 Å². The zero-order valence-electron chi connectivity index (χ0n) is 15.4. The van der Waals surface area contributed by atoms with Gasteiger partial charge in [0.15, 0.2) is 22.2 Å². The standard InChI is InChI=1S/C21H26O4S/c1-3-4-5-6-7-17-8-10-18(11-9-17)21(22)16-25-19-12-14-20(15-13-19)26(2,23)24/h8-15H,3-7,16H2,1-2H3. The van der Waals surface area contributed by atoms with Gasteiger partial charge < -0.3 is 4.74 Å². The van der Waals surface area contributed by atoms with Crippen LogP contribution in [0.1, 0.15) is 48.5 Å². The lowest BCUT2D eigenvalue weighted by Crippen LogP contribution is -2.11. The molecule has 2 aromatic rings. The highest BCUT2D eigenvalue weighted by Gasteiger charge is 2.09. The number of hydrogen-bond acceptors (Lipinski definition) is 4. The minimum atomic E-state index is -3.23. The number of benzene rings is 2. The molecule has 0 bridgehead atoms. The molecule has 5 heteroatoms. The highest BCUT2D eigenvalue weighted by atomic mass is 32.2. The number of rotatable bonds is 10. The maximum absolute atomic E-state index is 12.2. The molecule has 2 rings (SSSR count). The van der Waals surface area contributed by atoms with Crippen LogP contribution in [-0.2, 0) is 16.3 Å². The minimum Gasteiger partial charge on any atom is -0.485 e. The molecule has 4 nitrogen and oxygen atoms in total. The molecule has 0 aliphatic rings. The summed E-state index contributed by atoms with van der Waals surface area (Å²) in [4.78, 5) is 12.5. The van der Waals surface area contributed by atoms with E-state index < -0.39 is 9.84 Å². The smallest absolute Gasteiger partial charge is 0.200 e. The first-order chi connectivity index (χ1) is 12.4. The van der Waals surface area contributed by atoms with Crippen LogP contribution in [0.2, 0.25) is 0 Å². The number of ketones is 1. The summed E-state index contributed by atoms with van der Waals surface area (Å²) in [6, 6.07) is 13.7. The van der Waals surface area contributed by atoms with E-state index >= 15 is 0 Å². The topological polar surface area (TPSA) is 60.4 Å². The Hall–Kier alpha value is -2.14. The van der Waals surface area contributed by atoms with Gasteiger partial charge in [-0.25, -0.2) is 8.42 Å². The fourth-order valence-corrected chi connectivity index (χ4v) is 3.26. The number of carbonyl (C=O) groups is 1. The normalized spacial score (nSPS) is 11.3. The van der Waals surface area contributed by atoms with Crippen LogP contribution in [0.4, 0.5) is 0 Å². The molecule has 26 heavy (non-hydrogen) atoms. The van der Waals surface area contributed by atoms with E-state index in [-0.39, 0.29) is 17.3 Å². The number of unbranched alkanes of at least 4 members (excludes halogenated alkanes) is 3. The molecule has 140 valence electrons. The van der Waals surface area contributed by atoms with Crippen LogP contribution in [0, 0.1) is 0 Å². The van der Waals surface area contributed by atoms with Gasteiger partial charge in [0.05, 0.1) is 4.90 Å². The van der Waals surface area contributed by atoms with Gasteiger partial charge in [0.2, 0.25) is 0 Å². The molecule has 0 heterocycles. The minimum absolute atomic E-state index is 0.0753. The molecule has 0 atom stereocenters. The van der Waals surface area contributed by atoms with Crippen molar-refractivity contribution in [1.29, 1.82) is 0 Å². The van der Waals surface area contributed by atoms with Crippen molar-refractivity contribution < 1.29 is 17.9 Å². The molecular weight excluding hydrogens is 348 g/mol. The fourth-order valence-electron chi connectivity index (χ4n) is 2.63. The lowest BCUT2D eigenvalue weighted by Gasteiger charge is -2.07. The van der Waals surface area contributed by atoms with E-state index in [1.807, 2.05) is 24.3 Å². The first kappa shape index (κ1) is 20.2. The second kappa shape index (κ2) is 9.53. The average Bonchev–Trinajstić information content (AvgIpc) is 2.63. The van der Waals surface area contributed by atoms with E-state index in [1.54, 1.807) is 12.1 Å². The molecule has 0 aliphatic carbocycles. The first-order valence-electron chi connectivity index (χ1n) is 8.95. The molecule has 2 aromatic carbocycles. The van der Waals surface area contributed by atoms with E-state index in [0.29, 0.717) is 11.3 Å². The predicted octanol–water partition coefficient (Wildman–Crippen LogP) is 4.47. The third kappa shape index (κ3) is 6.30. The number of ether oxygens (including phenoxy) is 1. The van der Waals surface area contributed by atoms with Gasteiger partial charge in [0.25, 0.3) is 0 Å². The molecule has 0 saturated carbocycles. The summed E-state index contributed by atoms with van der Waals surface area (Å²) in [5.41, 5.74) is 1.87. The molecule has 0 aliphatic heterocycles. The van der Waals surface area contributed by atoms with Gasteiger partial charge in [0.1, 0.15) is 5.75 Å². The first-order valence-corrected chi connectivity index (χ1v) is 10.8. The molecule has 0 aromatic heterocycles. The molecule has 0 fully saturated rings. The van der Waals surface area contributed by atoms with Crippen molar-refractivity contribution in [3.05, 3.63) is 59.7 Å². The SMILES string of the molecule is CCCCCCc1ccc(C(=O)COc2ccc(S(C)(=O)=O)cc2)cc1. The van der Waals surface area contributed by atoms with Crippen molar-refractivity contribution in [2.45, 2.75) is 43.9 Å². The Balaban J connectivity index is 1.85. The molecule has 0 unspecified atom stereocenters. The maximum Gasteiger partial charge on any atom is 0.200 e. The van der Waals surface area contributed by atoms with Crippen LogP contribution < -0.4 is 4.74 Å². The number of hydrogen-bond donors (Lipinski definition) is 0. The Morgan fingerprint density at radius 2 is 1.58 bits per heavy atom. The van der Waals surface area contributed by atoms with Gasteiger partial charge in [-0.3, -0.25) is 4.79 Å². The Bertz CT molecular complexity index is 806. The van der Waals surface area contributed by atoms with E-state index in [1.165, 1.54) is 43.4 Å². The van der Waals surface area contributed by atoms with Gasteiger partial charge in [-0.2, -0.15) is 0 Å². The average molecular weight is 375 g/mol. The Morgan fingerprint density at radius 3 is 2.15 bits per heavy atom. The summed E-state index contributed by atoms with van der Waals surface area (Å²) < 4.78 is 28.3. The zero-order valence-corrected chi connectivity index (χ0v) is 16.2. The monoisotopic (exact) mass is 374 g/mol. The lowest BCUT2D eigenvalue weighted by atomic mass is 10.0. The third-order valence-corrected chi connectivity index (χ3v) is 5.35. The van der Waals surface area contributed by atoms with Gasteiger partial charge >= 0.3 is 0 Å². The lowest BCUT2D eigenvalue weighted by molar-refractivity contribution is 0.0921. The fraction of sp³-hybridized carbons (Fsp3) is 0.381. The maximum atomic E-state index is 12.2. The summed E-state index contributed by atoms with van der Waals surface area (Å²) in [5.74, 6) is 0.369. The van der Waals surface area contributed by atoms with Crippen molar-refractivity contribution in [1.82, 2.24) is 0 Å². The van der Waals surface area contributed by atoms with E-state index in [0.717, 1.165) is 12.7 Å². The third-order valence-electron chi connectivity index (χ3n) is 4.22. The summed E-state index contributed by atoms with van der Waals surface area (Å²) in [5, 5.41) is 0. The van der Waals surface area contributed by atoms with Crippen LogP contribution in [-0.4, -0.2) is 27.1 Å². The van der Waals surface area contributed by atoms with Gasteiger partial charge in [0, 0.05) is 11.8 Å². The quantitative estimate of drug-likeness (QED) is 0.455. The van der Waals surface area contributed by atoms with Crippen molar-refractivity contribution in [3.63, 3.8) is 0 Å². The molecule has 0 N–H and O–H groups in total. The van der Waals surface area contributed by atoms with E-state index in [4.69, 9.17) is 4.74 Å². The van der Waals surface area contributed by atoms with Crippen molar-refractivity contribution >= 4 is 15.6 Å². The zero-order chi connectivity index (χ0) is 19.0. The van der Waals surface area contributed by atoms with Gasteiger partial charge in [-0.1, -0.05) is 50.5 Å². The Morgan fingerprint density at radius 1 is 0.923 bits per heavy atom. The highest BCUT2D eigenvalue weighted by Crippen LogP contribution is 2.16. The summed E-state index contributed by atoms with van der Waals surface area (Å²) >= 11 is 0. The number of aryl methyl sites for hydroxylation is 1.